The molecule has 0 radical (unpaired) electrons. The zero-order chi connectivity index (χ0) is 12.4. The molecule has 2 aromatic carbocycles. The van der Waals surface area contributed by atoms with Gasteiger partial charge < -0.3 is 0 Å². The molecule has 1 nitrogen and oxygen atoms in total. The summed E-state index contributed by atoms with van der Waals surface area (Å²) in [6.45, 7) is 0. The van der Waals surface area contributed by atoms with Gasteiger partial charge in [-0.25, -0.2) is 13.2 Å². The number of nitrogens with zero attached hydrogens (tertiary/aromatic N) is 1. The summed E-state index contributed by atoms with van der Waals surface area (Å²) in [4.78, 5) is 0. The summed E-state index contributed by atoms with van der Waals surface area (Å²) in [5.41, 5.74) is -0.503. The van der Waals surface area contributed by atoms with Crippen molar-refractivity contribution in [1.29, 1.82) is 5.26 Å². The van der Waals surface area contributed by atoms with Crippen LogP contribution in [0.1, 0.15) is 5.56 Å². The summed E-state index contributed by atoms with van der Waals surface area (Å²) in [6, 6.07) is 8.96. The third-order valence-electron chi connectivity index (χ3n) is 2.34. The van der Waals surface area contributed by atoms with E-state index in [0.717, 1.165) is 12.1 Å². The van der Waals surface area contributed by atoms with Crippen molar-refractivity contribution < 1.29 is 13.2 Å². The second-order valence-electron chi connectivity index (χ2n) is 3.41. The molecule has 0 unspecified atom stereocenters. The van der Waals surface area contributed by atoms with E-state index in [1.54, 1.807) is 6.07 Å². The Labute approximate surface area is 95.7 Å². The van der Waals surface area contributed by atoms with E-state index in [2.05, 4.69) is 0 Å². The highest BCUT2D eigenvalue weighted by atomic mass is 19.1. The van der Waals surface area contributed by atoms with Crippen LogP contribution < -0.4 is 0 Å². The van der Waals surface area contributed by atoms with Gasteiger partial charge in [-0.05, 0) is 23.8 Å². The van der Waals surface area contributed by atoms with Crippen molar-refractivity contribution in [3.63, 3.8) is 0 Å². The van der Waals surface area contributed by atoms with Crippen molar-refractivity contribution >= 4 is 0 Å². The molecule has 0 N–H and O–H groups in total. The summed E-state index contributed by atoms with van der Waals surface area (Å²) in [7, 11) is 0. The Morgan fingerprint density at radius 1 is 0.882 bits per heavy atom. The van der Waals surface area contributed by atoms with Crippen LogP contribution in [-0.2, 0) is 0 Å². The lowest BCUT2D eigenvalue weighted by Crippen LogP contribution is -1.93. The van der Waals surface area contributed by atoms with Crippen LogP contribution in [-0.4, -0.2) is 0 Å². The highest BCUT2D eigenvalue weighted by Gasteiger charge is 2.13. The average molecular weight is 233 g/mol. The van der Waals surface area contributed by atoms with E-state index in [4.69, 9.17) is 5.26 Å². The summed E-state index contributed by atoms with van der Waals surface area (Å²) >= 11 is 0. The highest BCUT2D eigenvalue weighted by Crippen LogP contribution is 2.26. The molecule has 2 rings (SSSR count). The van der Waals surface area contributed by atoms with Crippen LogP contribution in [0.5, 0.6) is 0 Å². The van der Waals surface area contributed by atoms with Crippen LogP contribution in [0.2, 0.25) is 0 Å². The minimum atomic E-state index is -0.995. The number of hydrogen-bond acceptors (Lipinski definition) is 1. The van der Waals surface area contributed by atoms with Gasteiger partial charge in [0.2, 0.25) is 0 Å². The Hall–Kier alpha value is -2.28. The second-order valence-corrected chi connectivity index (χ2v) is 3.41. The van der Waals surface area contributed by atoms with E-state index >= 15 is 0 Å². The zero-order valence-electron chi connectivity index (χ0n) is 8.55. The van der Waals surface area contributed by atoms with Crippen LogP contribution in [0.25, 0.3) is 11.1 Å². The first-order valence-corrected chi connectivity index (χ1v) is 4.77. The smallest absolute Gasteiger partial charge is 0.144 e. The summed E-state index contributed by atoms with van der Waals surface area (Å²) in [5.74, 6) is -2.56. The molecule has 0 atom stereocenters. The number of benzene rings is 2. The van der Waals surface area contributed by atoms with Crippen LogP contribution in [0.15, 0.2) is 36.4 Å². The minimum absolute atomic E-state index is 0.0668. The van der Waals surface area contributed by atoms with Crippen molar-refractivity contribution in [1.82, 2.24) is 0 Å². The summed E-state index contributed by atoms with van der Waals surface area (Å²) in [5, 5.41) is 8.51. The molecule has 17 heavy (non-hydrogen) atoms. The van der Waals surface area contributed by atoms with Crippen LogP contribution in [0.3, 0.4) is 0 Å². The molecule has 0 aromatic heterocycles. The van der Waals surface area contributed by atoms with E-state index < -0.39 is 23.0 Å². The normalized spacial score (nSPS) is 10.0. The van der Waals surface area contributed by atoms with Gasteiger partial charge in [0, 0.05) is 5.56 Å². The molecule has 84 valence electrons. The SMILES string of the molecule is N#Cc1c(F)cc(-c2ccccc2F)cc1F. The lowest BCUT2D eigenvalue weighted by molar-refractivity contribution is 0.577. The van der Waals surface area contributed by atoms with Gasteiger partial charge in [-0.1, -0.05) is 18.2 Å². The maximum absolute atomic E-state index is 13.4. The Kier molecular flexibility index (Phi) is 2.84. The number of nitriles is 1. The van der Waals surface area contributed by atoms with Gasteiger partial charge in [0.15, 0.2) is 0 Å². The molecule has 0 bridgehead atoms. The van der Waals surface area contributed by atoms with Gasteiger partial charge in [0.1, 0.15) is 29.1 Å². The first-order valence-electron chi connectivity index (χ1n) is 4.77. The van der Waals surface area contributed by atoms with Crippen LogP contribution in [0, 0.1) is 28.8 Å². The number of halogens is 3. The first kappa shape index (κ1) is 11.2. The Morgan fingerprint density at radius 2 is 1.47 bits per heavy atom. The maximum Gasteiger partial charge on any atom is 0.144 e. The Balaban J connectivity index is 2.64. The van der Waals surface area contributed by atoms with Gasteiger partial charge >= 0.3 is 0 Å². The minimum Gasteiger partial charge on any atom is -0.206 e. The molecule has 0 heterocycles. The van der Waals surface area contributed by atoms with Crippen molar-refractivity contribution in [3.05, 3.63) is 59.4 Å². The van der Waals surface area contributed by atoms with Gasteiger partial charge in [-0.2, -0.15) is 5.26 Å². The topological polar surface area (TPSA) is 23.8 Å². The van der Waals surface area contributed by atoms with Gasteiger partial charge in [0.25, 0.3) is 0 Å². The first-order chi connectivity index (χ1) is 8.13. The molecule has 0 aliphatic rings. The molecule has 4 heteroatoms. The van der Waals surface area contributed by atoms with Gasteiger partial charge in [0.05, 0.1) is 0 Å². The standard InChI is InChI=1S/C13H6F3N/c14-11-4-2-1-3-9(11)8-5-12(15)10(7-17)13(16)6-8/h1-6H. The van der Waals surface area contributed by atoms with Gasteiger partial charge in [-0.3, -0.25) is 0 Å². The van der Waals surface area contributed by atoms with E-state index in [1.807, 2.05) is 0 Å². The summed E-state index contributed by atoms with van der Waals surface area (Å²) < 4.78 is 40.1. The molecule has 0 spiro atoms. The second kappa shape index (κ2) is 4.30. The Morgan fingerprint density at radius 3 is 2.00 bits per heavy atom. The fourth-order valence-corrected chi connectivity index (χ4v) is 1.53. The van der Waals surface area contributed by atoms with E-state index in [-0.39, 0.29) is 11.1 Å². The molecular formula is C13H6F3N. The highest BCUT2D eigenvalue weighted by molar-refractivity contribution is 5.65. The van der Waals surface area contributed by atoms with Crippen molar-refractivity contribution in [2.45, 2.75) is 0 Å². The third-order valence-corrected chi connectivity index (χ3v) is 2.34. The molecule has 0 saturated heterocycles. The van der Waals surface area contributed by atoms with E-state index in [9.17, 15) is 13.2 Å². The van der Waals surface area contributed by atoms with Crippen molar-refractivity contribution in [3.8, 4) is 17.2 Å². The molecule has 2 aromatic rings. The van der Waals surface area contributed by atoms with Crippen LogP contribution >= 0.6 is 0 Å². The predicted molar refractivity (Wildman–Crippen MR) is 56.5 cm³/mol. The molecular weight excluding hydrogens is 227 g/mol. The zero-order valence-corrected chi connectivity index (χ0v) is 8.55. The van der Waals surface area contributed by atoms with Gasteiger partial charge in [-0.15, -0.1) is 0 Å². The molecule has 0 saturated carbocycles. The maximum atomic E-state index is 13.4. The fraction of sp³-hybridized carbons (Fsp3) is 0. The van der Waals surface area contributed by atoms with E-state index in [1.165, 1.54) is 24.3 Å². The van der Waals surface area contributed by atoms with Crippen LogP contribution in [0.4, 0.5) is 13.2 Å². The monoisotopic (exact) mass is 233 g/mol. The fourth-order valence-electron chi connectivity index (χ4n) is 1.53. The third kappa shape index (κ3) is 2.00. The van der Waals surface area contributed by atoms with Crippen molar-refractivity contribution in [2.24, 2.45) is 0 Å². The summed E-state index contributed by atoms with van der Waals surface area (Å²) in [6.07, 6.45) is 0. The molecule has 0 amide bonds. The Bertz CT molecular complexity index is 591. The largest absolute Gasteiger partial charge is 0.206 e. The number of hydrogen-bond donors (Lipinski definition) is 0. The quantitative estimate of drug-likeness (QED) is 0.737. The average Bonchev–Trinajstić information content (AvgIpc) is 2.29. The molecule has 0 aliphatic heterocycles. The molecule has 0 aliphatic carbocycles. The molecule has 0 fully saturated rings. The number of rotatable bonds is 1. The lowest BCUT2D eigenvalue weighted by atomic mass is 10.0. The predicted octanol–water partition coefficient (Wildman–Crippen LogP) is 3.64. The lowest BCUT2D eigenvalue weighted by Gasteiger charge is -2.05. The van der Waals surface area contributed by atoms with Crippen molar-refractivity contribution in [2.75, 3.05) is 0 Å². The van der Waals surface area contributed by atoms with E-state index in [0.29, 0.717) is 0 Å².